The monoisotopic (exact) mass is 394 g/mol. The van der Waals surface area contributed by atoms with Gasteiger partial charge in [-0.2, -0.15) is 4.98 Å². The molecule has 0 saturated heterocycles. The second-order valence-electron chi connectivity index (χ2n) is 6.37. The first-order chi connectivity index (χ1) is 14.1. The fraction of sp³-hybridized carbons (Fsp3) is 0.200. The Bertz CT molecular complexity index is 1060. The van der Waals surface area contributed by atoms with Crippen molar-refractivity contribution in [2.45, 2.75) is 6.92 Å². The number of carbonyl (C=O) groups is 2. The number of aromatic nitrogens is 2. The topological polar surface area (TPSA) is 116 Å². The van der Waals surface area contributed by atoms with Crippen molar-refractivity contribution in [3.8, 4) is 22.9 Å². The quantitative estimate of drug-likeness (QED) is 0.614. The van der Waals surface area contributed by atoms with Crippen molar-refractivity contribution in [2.24, 2.45) is 0 Å². The maximum atomic E-state index is 12.2. The lowest BCUT2D eigenvalue weighted by atomic mass is 10.1. The van der Waals surface area contributed by atoms with Gasteiger partial charge in [0.15, 0.2) is 11.5 Å². The van der Waals surface area contributed by atoms with Crippen LogP contribution in [-0.4, -0.2) is 41.8 Å². The van der Waals surface area contributed by atoms with Crippen molar-refractivity contribution in [3.05, 3.63) is 59.5 Å². The maximum Gasteiger partial charge on any atom is 0.316 e. The van der Waals surface area contributed by atoms with Crippen LogP contribution in [0.4, 0.5) is 0 Å². The van der Waals surface area contributed by atoms with E-state index in [4.69, 9.17) is 14.0 Å². The smallest absolute Gasteiger partial charge is 0.316 e. The van der Waals surface area contributed by atoms with E-state index in [1.165, 1.54) is 0 Å². The van der Waals surface area contributed by atoms with Crippen molar-refractivity contribution in [1.82, 2.24) is 20.8 Å². The average Bonchev–Trinajstić information content (AvgIpc) is 3.39. The number of amides is 2. The van der Waals surface area contributed by atoms with Crippen molar-refractivity contribution < 1.29 is 23.6 Å². The molecule has 2 aromatic carbocycles. The van der Waals surface area contributed by atoms with Gasteiger partial charge in [0.2, 0.25) is 12.6 Å². The molecule has 0 radical (unpaired) electrons. The van der Waals surface area contributed by atoms with Crippen LogP contribution in [0.1, 0.15) is 26.6 Å². The van der Waals surface area contributed by atoms with E-state index in [0.717, 1.165) is 5.56 Å². The molecule has 2 heterocycles. The lowest BCUT2D eigenvalue weighted by Crippen LogP contribution is -2.34. The van der Waals surface area contributed by atoms with E-state index in [9.17, 15) is 9.59 Å². The molecule has 0 bridgehead atoms. The summed E-state index contributed by atoms with van der Waals surface area (Å²) in [5.74, 6) is 0.606. The van der Waals surface area contributed by atoms with Crippen molar-refractivity contribution in [3.63, 3.8) is 0 Å². The number of carbonyl (C=O) groups excluding carboxylic acids is 2. The van der Waals surface area contributed by atoms with Crippen LogP contribution in [-0.2, 0) is 0 Å². The Labute approximate surface area is 166 Å². The summed E-state index contributed by atoms with van der Waals surface area (Å²) in [6, 6.07) is 12.5. The summed E-state index contributed by atoms with van der Waals surface area (Å²) >= 11 is 0. The summed E-state index contributed by atoms with van der Waals surface area (Å²) in [5.41, 5.74) is 2.21. The number of benzene rings is 2. The second-order valence-corrected chi connectivity index (χ2v) is 6.37. The fourth-order valence-corrected chi connectivity index (χ4v) is 2.78. The van der Waals surface area contributed by atoms with E-state index in [1.54, 1.807) is 30.3 Å². The summed E-state index contributed by atoms with van der Waals surface area (Å²) in [4.78, 5) is 28.3. The first-order valence-electron chi connectivity index (χ1n) is 8.97. The van der Waals surface area contributed by atoms with Crippen LogP contribution >= 0.6 is 0 Å². The van der Waals surface area contributed by atoms with Crippen LogP contribution in [0.5, 0.6) is 11.5 Å². The molecule has 9 heteroatoms. The molecular weight excluding hydrogens is 376 g/mol. The second kappa shape index (κ2) is 8.01. The predicted molar refractivity (Wildman–Crippen MR) is 102 cm³/mol. The lowest BCUT2D eigenvalue weighted by molar-refractivity contribution is 0.0898. The highest BCUT2D eigenvalue weighted by Gasteiger charge is 2.19. The van der Waals surface area contributed by atoms with Crippen LogP contribution in [0, 0.1) is 6.92 Å². The Morgan fingerprint density at radius 3 is 2.62 bits per heavy atom. The maximum absolute atomic E-state index is 12.2. The van der Waals surface area contributed by atoms with E-state index in [1.807, 2.05) is 19.1 Å². The summed E-state index contributed by atoms with van der Waals surface area (Å²) in [5, 5.41) is 9.20. The molecule has 29 heavy (non-hydrogen) atoms. The average molecular weight is 394 g/mol. The van der Waals surface area contributed by atoms with Gasteiger partial charge in [0.25, 0.3) is 5.91 Å². The molecule has 3 aromatic rings. The number of nitrogens with one attached hydrogen (secondary N) is 2. The third-order valence-electron chi connectivity index (χ3n) is 4.23. The van der Waals surface area contributed by atoms with E-state index >= 15 is 0 Å². The highest BCUT2D eigenvalue weighted by molar-refractivity contribution is 5.94. The minimum atomic E-state index is -0.519. The largest absolute Gasteiger partial charge is 0.454 e. The first-order valence-corrected chi connectivity index (χ1v) is 8.97. The van der Waals surface area contributed by atoms with E-state index < -0.39 is 5.91 Å². The van der Waals surface area contributed by atoms with Crippen LogP contribution in [0.2, 0.25) is 0 Å². The van der Waals surface area contributed by atoms with Gasteiger partial charge in [0.05, 0.1) is 0 Å². The molecule has 4 rings (SSSR count). The molecule has 2 N–H and O–H groups in total. The highest BCUT2D eigenvalue weighted by atomic mass is 16.7. The predicted octanol–water partition coefficient (Wildman–Crippen LogP) is 1.93. The molecule has 1 aliphatic heterocycles. The van der Waals surface area contributed by atoms with Crippen LogP contribution in [0.3, 0.4) is 0 Å². The van der Waals surface area contributed by atoms with Gasteiger partial charge in [0, 0.05) is 24.2 Å². The van der Waals surface area contributed by atoms with Gasteiger partial charge in [-0.05, 0) is 37.3 Å². The molecule has 0 fully saturated rings. The molecular formula is C20H18N4O5. The van der Waals surface area contributed by atoms with Crippen LogP contribution < -0.4 is 20.1 Å². The Morgan fingerprint density at radius 1 is 1.00 bits per heavy atom. The Hall–Kier alpha value is -3.88. The van der Waals surface area contributed by atoms with Gasteiger partial charge >= 0.3 is 11.8 Å². The third kappa shape index (κ3) is 4.18. The van der Waals surface area contributed by atoms with Crippen molar-refractivity contribution in [1.29, 1.82) is 0 Å². The number of aryl methyl sites for hydroxylation is 1. The molecule has 1 aromatic heterocycles. The summed E-state index contributed by atoms with van der Waals surface area (Å²) in [6.07, 6.45) is 0. The Kier molecular flexibility index (Phi) is 5.10. The SMILES string of the molecule is Cc1cccc(C(=O)NCCNC(=O)c2nc(-c3ccc4c(c3)OCO4)no2)c1. The van der Waals surface area contributed by atoms with E-state index in [-0.39, 0.29) is 37.5 Å². The number of hydrogen-bond donors (Lipinski definition) is 2. The van der Waals surface area contributed by atoms with E-state index in [2.05, 4.69) is 20.8 Å². The van der Waals surface area contributed by atoms with Gasteiger partial charge < -0.3 is 24.6 Å². The fourth-order valence-electron chi connectivity index (χ4n) is 2.78. The normalized spacial score (nSPS) is 11.9. The molecule has 0 spiro atoms. The molecule has 0 atom stereocenters. The minimum Gasteiger partial charge on any atom is -0.454 e. The van der Waals surface area contributed by atoms with Gasteiger partial charge in [-0.25, -0.2) is 0 Å². The van der Waals surface area contributed by atoms with Crippen LogP contribution in [0.15, 0.2) is 47.0 Å². The molecule has 148 valence electrons. The third-order valence-corrected chi connectivity index (χ3v) is 4.23. The molecule has 0 unspecified atom stereocenters. The molecule has 1 aliphatic rings. The number of nitrogens with zero attached hydrogens (tertiary/aromatic N) is 2. The number of fused-ring (bicyclic) bond motifs is 1. The Morgan fingerprint density at radius 2 is 1.79 bits per heavy atom. The number of ether oxygens (including phenoxy) is 2. The molecule has 2 amide bonds. The zero-order valence-electron chi connectivity index (χ0n) is 15.6. The zero-order valence-corrected chi connectivity index (χ0v) is 15.6. The highest BCUT2D eigenvalue weighted by Crippen LogP contribution is 2.35. The van der Waals surface area contributed by atoms with Gasteiger partial charge in [-0.15, -0.1) is 0 Å². The molecule has 0 saturated carbocycles. The summed E-state index contributed by atoms with van der Waals surface area (Å²) in [6.45, 7) is 2.57. The lowest BCUT2D eigenvalue weighted by Gasteiger charge is -2.06. The number of hydrogen-bond acceptors (Lipinski definition) is 7. The first kappa shape index (κ1) is 18.5. The van der Waals surface area contributed by atoms with Crippen molar-refractivity contribution in [2.75, 3.05) is 19.9 Å². The summed E-state index contributed by atoms with van der Waals surface area (Å²) in [7, 11) is 0. The van der Waals surface area contributed by atoms with E-state index in [0.29, 0.717) is 22.6 Å². The van der Waals surface area contributed by atoms with Gasteiger partial charge in [-0.3, -0.25) is 9.59 Å². The molecule has 0 aliphatic carbocycles. The molecule has 9 nitrogen and oxygen atoms in total. The standard InChI is InChI=1S/C20H18N4O5/c1-12-3-2-4-14(9-12)18(25)21-7-8-22-19(26)20-23-17(24-29-20)13-5-6-15-16(10-13)28-11-27-15/h2-6,9-10H,7-8,11H2,1H3,(H,21,25)(H,22,26). The number of rotatable bonds is 6. The van der Waals surface area contributed by atoms with Gasteiger partial charge in [0.1, 0.15) is 0 Å². The van der Waals surface area contributed by atoms with Crippen LogP contribution in [0.25, 0.3) is 11.4 Å². The Balaban J connectivity index is 1.29. The van der Waals surface area contributed by atoms with Gasteiger partial charge in [-0.1, -0.05) is 22.9 Å². The minimum absolute atomic E-state index is 0.164. The zero-order chi connectivity index (χ0) is 20.2. The van der Waals surface area contributed by atoms with Crippen molar-refractivity contribution >= 4 is 11.8 Å². The summed E-state index contributed by atoms with van der Waals surface area (Å²) < 4.78 is 15.6.